The van der Waals surface area contributed by atoms with Gasteiger partial charge in [0.2, 0.25) is 5.91 Å². The van der Waals surface area contributed by atoms with Gasteiger partial charge in [0.05, 0.1) is 0 Å². The van der Waals surface area contributed by atoms with Crippen molar-refractivity contribution in [3.8, 4) is 0 Å². The summed E-state index contributed by atoms with van der Waals surface area (Å²) in [6.45, 7) is 9.88. The SMILES string of the molecule is CCN(CC)C(=O)CCNc1nc(C)nc(NC)c1C. The molecule has 1 amide bonds. The average molecular weight is 279 g/mol. The fraction of sp³-hybridized carbons (Fsp3) is 0.643. The van der Waals surface area contributed by atoms with Crippen LogP contribution in [-0.4, -0.2) is 47.5 Å². The molecular formula is C14H25N5O. The molecule has 1 aromatic rings. The molecule has 112 valence electrons. The van der Waals surface area contributed by atoms with E-state index in [-0.39, 0.29) is 5.91 Å². The van der Waals surface area contributed by atoms with Crippen molar-refractivity contribution in [2.24, 2.45) is 0 Å². The number of hydrogen-bond donors (Lipinski definition) is 2. The minimum atomic E-state index is 0.166. The van der Waals surface area contributed by atoms with Crippen LogP contribution in [0.5, 0.6) is 0 Å². The summed E-state index contributed by atoms with van der Waals surface area (Å²) in [5.41, 5.74) is 0.966. The Hall–Kier alpha value is -1.85. The molecule has 0 aliphatic heterocycles. The number of anilines is 2. The molecule has 6 heteroatoms. The molecular weight excluding hydrogens is 254 g/mol. The third-order valence-corrected chi connectivity index (χ3v) is 3.24. The van der Waals surface area contributed by atoms with E-state index in [0.29, 0.717) is 18.8 Å². The highest BCUT2D eigenvalue weighted by molar-refractivity contribution is 5.76. The normalized spacial score (nSPS) is 10.2. The first-order valence-electron chi connectivity index (χ1n) is 7.08. The average Bonchev–Trinajstić information content (AvgIpc) is 2.43. The van der Waals surface area contributed by atoms with Crippen molar-refractivity contribution in [1.82, 2.24) is 14.9 Å². The molecule has 0 saturated carbocycles. The van der Waals surface area contributed by atoms with E-state index in [1.807, 2.05) is 39.6 Å². The summed E-state index contributed by atoms with van der Waals surface area (Å²) in [4.78, 5) is 22.4. The van der Waals surface area contributed by atoms with Gasteiger partial charge >= 0.3 is 0 Å². The monoisotopic (exact) mass is 279 g/mol. The predicted molar refractivity (Wildman–Crippen MR) is 82.1 cm³/mol. The van der Waals surface area contributed by atoms with Crippen LogP contribution in [0, 0.1) is 13.8 Å². The number of carbonyl (C=O) groups excluding carboxylic acids is 1. The van der Waals surface area contributed by atoms with E-state index in [2.05, 4.69) is 20.6 Å². The minimum absolute atomic E-state index is 0.166. The third-order valence-electron chi connectivity index (χ3n) is 3.24. The highest BCUT2D eigenvalue weighted by atomic mass is 16.2. The van der Waals surface area contributed by atoms with Crippen LogP contribution in [0.1, 0.15) is 31.7 Å². The van der Waals surface area contributed by atoms with E-state index in [1.165, 1.54) is 0 Å². The van der Waals surface area contributed by atoms with Gasteiger partial charge in [-0.1, -0.05) is 0 Å². The van der Waals surface area contributed by atoms with Crippen LogP contribution < -0.4 is 10.6 Å². The van der Waals surface area contributed by atoms with Gasteiger partial charge in [0, 0.05) is 38.7 Å². The fourth-order valence-electron chi connectivity index (χ4n) is 2.07. The number of nitrogens with one attached hydrogen (secondary N) is 2. The van der Waals surface area contributed by atoms with Gasteiger partial charge in [-0.3, -0.25) is 4.79 Å². The van der Waals surface area contributed by atoms with Crippen LogP contribution in [0.15, 0.2) is 0 Å². The molecule has 20 heavy (non-hydrogen) atoms. The van der Waals surface area contributed by atoms with Gasteiger partial charge in [0.25, 0.3) is 0 Å². The first kappa shape index (κ1) is 16.2. The number of aromatic nitrogens is 2. The summed E-state index contributed by atoms with van der Waals surface area (Å²) in [5.74, 6) is 2.47. The molecule has 0 saturated heterocycles. The molecule has 0 fully saturated rings. The van der Waals surface area contributed by atoms with Gasteiger partial charge in [-0.25, -0.2) is 9.97 Å². The molecule has 0 spiro atoms. The topological polar surface area (TPSA) is 70.2 Å². The van der Waals surface area contributed by atoms with Crippen LogP contribution in [-0.2, 0) is 4.79 Å². The lowest BCUT2D eigenvalue weighted by atomic mass is 10.3. The molecule has 0 aliphatic rings. The van der Waals surface area contributed by atoms with Gasteiger partial charge in [0.1, 0.15) is 17.5 Å². The van der Waals surface area contributed by atoms with Gasteiger partial charge in [-0.2, -0.15) is 0 Å². The Kier molecular flexibility index (Phi) is 6.21. The summed E-state index contributed by atoms with van der Waals surface area (Å²) >= 11 is 0. The molecule has 0 unspecified atom stereocenters. The highest BCUT2D eigenvalue weighted by Gasteiger charge is 2.11. The Morgan fingerprint density at radius 2 is 1.75 bits per heavy atom. The summed E-state index contributed by atoms with van der Waals surface area (Å²) in [6.07, 6.45) is 0.471. The number of amides is 1. The fourth-order valence-corrected chi connectivity index (χ4v) is 2.07. The van der Waals surface area contributed by atoms with Crippen LogP contribution in [0.2, 0.25) is 0 Å². The summed E-state index contributed by atoms with van der Waals surface area (Å²) in [5, 5.41) is 6.27. The van der Waals surface area contributed by atoms with Crippen LogP contribution >= 0.6 is 0 Å². The second-order valence-electron chi connectivity index (χ2n) is 4.59. The quantitative estimate of drug-likeness (QED) is 0.796. The van der Waals surface area contributed by atoms with Gasteiger partial charge in [-0.05, 0) is 27.7 Å². The van der Waals surface area contributed by atoms with Gasteiger partial charge in [0.15, 0.2) is 0 Å². The lowest BCUT2D eigenvalue weighted by molar-refractivity contribution is -0.130. The molecule has 0 radical (unpaired) electrons. The van der Waals surface area contributed by atoms with Crippen molar-refractivity contribution in [2.75, 3.05) is 37.3 Å². The van der Waals surface area contributed by atoms with E-state index < -0.39 is 0 Å². The first-order chi connectivity index (χ1) is 9.53. The zero-order valence-corrected chi connectivity index (χ0v) is 13.1. The molecule has 0 bridgehead atoms. The number of rotatable bonds is 7. The molecule has 0 aromatic carbocycles. The Morgan fingerprint density at radius 3 is 2.30 bits per heavy atom. The maximum atomic E-state index is 11.9. The van der Waals surface area contributed by atoms with Gasteiger partial charge < -0.3 is 15.5 Å². The standard InChI is InChI=1S/C14H25N5O/c1-6-19(7-2)12(20)8-9-16-14-10(3)13(15-5)17-11(4)18-14/h6-9H2,1-5H3,(H2,15,16,17,18). The largest absolute Gasteiger partial charge is 0.373 e. The van der Waals surface area contributed by atoms with Crippen molar-refractivity contribution in [3.63, 3.8) is 0 Å². The van der Waals surface area contributed by atoms with E-state index in [0.717, 1.165) is 30.3 Å². The smallest absolute Gasteiger partial charge is 0.224 e. The maximum absolute atomic E-state index is 11.9. The van der Waals surface area contributed by atoms with Crippen molar-refractivity contribution >= 4 is 17.5 Å². The van der Waals surface area contributed by atoms with Crippen molar-refractivity contribution in [1.29, 1.82) is 0 Å². The minimum Gasteiger partial charge on any atom is -0.373 e. The second-order valence-corrected chi connectivity index (χ2v) is 4.59. The molecule has 1 heterocycles. The lowest BCUT2D eigenvalue weighted by Crippen LogP contribution is -2.31. The number of aryl methyl sites for hydroxylation is 1. The summed E-state index contributed by atoms with van der Waals surface area (Å²) in [6, 6.07) is 0. The highest BCUT2D eigenvalue weighted by Crippen LogP contribution is 2.19. The molecule has 2 N–H and O–H groups in total. The summed E-state index contributed by atoms with van der Waals surface area (Å²) < 4.78 is 0. The van der Waals surface area contributed by atoms with E-state index in [1.54, 1.807) is 0 Å². The number of nitrogens with zero attached hydrogens (tertiary/aromatic N) is 3. The van der Waals surface area contributed by atoms with E-state index in [4.69, 9.17) is 0 Å². The van der Waals surface area contributed by atoms with Crippen molar-refractivity contribution in [2.45, 2.75) is 34.1 Å². The summed E-state index contributed by atoms with van der Waals surface area (Å²) in [7, 11) is 1.84. The first-order valence-corrected chi connectivity index (χ1v) is 7.08. The van der Waals surface area contributed by atoms with Gasteiger partial charge in [-0.15, -0.1) is 0 Å². The maximum Gasteiger partial charge on any atom is 0.224 e. The van der Waals surface area contributed by atoms with E-state index in [9.17, 15) is 4.79 Å². The second kappa shape index (κ2) is 7.67. The zero-order valence-electron chi connectivity index (χ0n) is 13.1. The molecule has 6 nitrogen and oxygen atoms in total. The molecule has 0 aliphatic carbocycles. The lowest BCUT2D eigenvalue weighted by Gasteiger charge is -2.19. The number of hydrogen-bond acceptors (Lipinski definition) is 5. The molecule has 1 rings (SSSR count). The third kappa shape index (κ3) is 4.08. The Labute approximate surface area is 121 Å². The zero-order chi connectivity index (χ0) is 15.1. The Balaban J connectivity index is 2.62. The van der Waals surface area contributed by atoms with Crippen molar-refractivity contribution < 1.29 is 4.79 Å². The Morgan fingerprint density at radius 1 is 1.15 bits per heavy atom. The van der Waals surface area contributed by atoms with Crippen LogP contribution in [0.25, 0.3) is 0 Å². The van der Waals surface area contributed by atoms with E-state index >= 15 is 0 Å². The Bertz CT molecular complexity index is 457. The predicted octanol–water partition coefficient (Wildman–Crippen LogP) is 1.81. The van der Waals surface area contributed by atoms with Crippen molar-refractivity contribution in [3.05, 3.63) is 11.4 Å². The number of carbonyl (C=O) groups is 1. The molecule has 0 atom stereocenters. The van der Waals surface area contributed by atoms with Crippen LogP contribution in [0.3, 0.4) is 0 Å². The van der Waals surface area contributed by atoms with Crippen LogP contribution in [0.4, 0.5) is 11.6 Å². The molecule has 1 aromatic heterocycles.